The van der Waals surface area contributed by atoms with Crippen molar-refractivity contribution in [1.29, 1.82) is 0 Å². The van der Waals surface area contributed by atoms with Crippen molar-refractivity contribution in [3.05, 3.63) is 28.8 Å². The van der Waals surface area contributed by atoms with E-state index in [1.54, 1.807) is 32.9 Å². The van der Waals surface area contributed by atoms with E-state index in [2.05, 4.69) is 5.32 Å². The molecule has 1 N–H and O–H groups in total. The Morgan fingerprint density at radius 3 is 2.21 bits per heavy atom. The van der Waals surface area contributed by atoms with Crippen molar-refractivity contribution in [2.75, 3.05) is 14.2 Å². The summed E-state index contributed by atoms with van der Waals surface area (Å²) in [5, 5.41) is 3.18. The number of benzene rings is 1. The Bertz CT molecular complexity index is 872. The van der Waals surface area contributed by atoms with Crippen molar-refractivity contribution in [2.45, 2.75) is 39.3 Å². The van der Waals surface area contributed by atoms with E-state index in [-0.39, 0.29) is 5.91 Å². The monoisotopic (exact) mass is 388 g/mol. The van der Waals surface area contributed by atoms with Crippen LogP contribution < -0.4 is 10.1 Å². The molecule has 2 heterocycles. The van der Waals surface area contributed by atoms with Crippen molar-refractivity contribution in [2.24, 2.45) is 11.8 Å². The van der Waals surface area contributed by atoms with Crippen LogP contribution in [-0.2, 0) is 23.9 Å². The van der Waals surface area contributed by atoms with Gasteiger partial charge in [0.1, 0.15) is 11.3 Å². The lowest BCUT2D eigenvalue weighted by Crippen LogP contribution is -2.53. The number of imide groups is 1. The molecule has 1 aromatic carbocycles. The Labute approximate surface area is 163 Å². The molecule has 2 saturated heterocycles. The zero-order valence-electron chi connectivity index (χ0n) is 16.8. The lowest BCUT2D eigenvalue weighted by Gasteiger charge is -2.28. The van der Waals surface area contributed by atoms with Gasteiger partial charge in [0.25, 0.3) is 0 Å². The van der Waals surface area contributed by atoms with Crippen molar-refractivity contribution in [3.8, 4) is 5.75 Å². The Kier molecular flexibility index (Phi) is 4.79. The van der Waals surface area contributed by atoms with Gasteiger partial charge < -0.3 is 9.47 Å². The number of rotatable bonds is 3. The molecule has 2 fully saturated rings. The van der Waals surface area contributed by atoms with E-state index in [0.29, 0.717) is 5.75 Å². The standard InChI is InChI=1S/C20H24N2O6/c1-9-7-12(8-10(2)16(9)28-11(3)23)15-13-14(18(25)22(5)17(13)24)20(4,21-15)19(26)27-6/h7-8,13-15,21H,1-6H3/t13-,14-,15-,20-/m1/s1. The molecule has 0 aromatic heterocycles. The van der Waals surface area contributed by atoms with E-state index in [1.807, 2.05) is 0 Å². The third-order valence-corrected chi connectivity index (χ3v) is 5.70. The molecule has 28 heavy (non-hydrogen) atoms. The van der Waals surface area contributed by atoms with Gasteiger partial charge in [0.15, 0.2) is 0 Å². The first-order valence-electron chi connectivity index (χ1n) is 9.00. The summed E-state index contributed by atoms with van der Waals surface area (Å²) in [7, 11) is 2.68. The smallest absolute Gasteiger partial charge is 0.326 e. The molecule has 150 valence electrons. The van der Waals surface area contributed by atoms with Crippen LogP contribution in [-0.4, -0.2) is 48.3 Å². The first-order valence-corrected chi connectivity index (χ1v) is 9.00. The Morgan fingerprint density at radius 2 is 1.71 bits per heavy atom. The average Bonchev–Trinajstić information content (AvgIpc) is 3.07. The van der Waals surface area contributed by atoms with E-state index in [0.717, 1.165) is 21.6 Å². The number of carbonyl (C=O) groups is 4. The Hall–Kier alpha value is -2.74. The molecule has 0 saturated carbocycles. The molecule has 8 nitrogen and oxygen atoms in total. The fourth-order valence-corrected chi connectivity index (χ4v) is 4.44. The largest absolute Gasteiger partial charge is 0.468 e. The highest BCUT2D eigenvalue weighted by Crippen LogP contribution is 2.49. The fourth-order valence-electron chi connectivity index (χ4n) is 4.44. The fraction of sp³-hybridized carbons (Fsp3) is 0.500. The zero-order valence-corrected chi connectivity index (χ0v) is 16.8. The lowest BCUT2D eigenvalue weighted by molar-refractivity contribution is -0.152. The van der Waals surface area contributed by atoms with Gasteiger partial charge in [0.05, 0.1) is 18.9 Å². The molecule has 2 aliphatic heterocycles. The first kappa shape index (κ1) is 20.0. The van der Waals surface area contributed by atoms with Crippen LogP contribution in [0.1, 0.15) is 36.6 Å². The summed E-state index contributed by atoms with van der Waals surface area (Å²) in [4.78, 5) is 50.4. The minimum atomic E-state index is -1.32. The minimum Gasteiger partial charge on any atom is -0.468 e. The van der Waals surface area contributed by atoms with Crippen molar-refractivity contribution in [3.63, 3.8) is 0 Å². The second kappa shape index (κ2) is 6.70. The Morgan fingerprint density at radius 1 is 1.14 bits per heavy atom. The quantitative estimate of drug-likeness (QED) is 0.469. The lowest BCUT2D eigenvalue weighted by atomic mass is 9.80. The third-order valence-electron chi connectivity index (χ3n) is 5.70. The van der Waals surface area contributed by atoms with Gasteiger partial charge in [-0.25, -0.2) is 0 Å². The maximum absolute atomic E-state index is 12.8. The summed E-state index contributed by atoms with van der Waals surface area (Å²) in [5.74, 6) is -2.85. The summed E-state index contributed by atoms with van der Waals surface area (Å²) in [6.45, 7) is 6.52. The topological polar surface area (TPSA) is 102 Å². The van der Waals surface area contributed by atoms with Crippen LogP contribution in [0, 0.1) is 25.7 Å². The maximum atomic E-state index is 12.8. The first-order chi connectivity index (χ1) is 13.0. The van der Waals surface area contributed by atoms with E-state index in [1.165, 1.54) is 21.1 Å². The van der Waals surface area contributed by atoms with Crippen LogP contribution in [0.25, 0.3) is 0 Å². The number of hydrogen-bond donors (Lipinski definition) is 1. The molecule has 0 bridgehead atoms. The van der Waals surface area contributed by atoms with Crippen molar-refractivity contribution >= 4 is 23.8 Å². The molecular formula is C20H24N2O6. The van der Waals surface area contributed by atoms with Gasteiger partial charge in [0.2, 0.25) is 11.8 Å². The number of methoxy groups -OCH3 is 1. The highest BCUT2D eigenvalue weighted by Gasteiger charge is 2.66. The van der Waals surface area contributed by atoms with E-state index < -0.39 is 41.3 Å². The average molecular weight is 388 g/mol. The van der Waals surface area contributed by atoms with Gasteiger partial charge in [0, 0.05) is 20.0 Å². The number of likely N-dealkylation sites (tertiary alicyclic amines) is 1. The van der Waals surface area contributed by atoms with E-state index in [9.17, 15) is 19.2 Å². The number of esters is 2. The number of amides is 2. The van der Waals surface area contributed by atoms with Crippen LogP contribution in [0.2, 0.25) is 0 Å². The molecule has 8 heteroatoms. The van der Waals surface area contributed by atoms with Gasteiger partial charge in [-0.2, -0.15) is 0 Å². The highest BCUT2D eigenvalue weighted by atomic mass is 16.5. The van der Waals surface area contributed by atoms with Crippen LogP contribution in [0.5, 0.6) is 5.75 Å². The van der Waals surface area contributed by atoms with Crippen LogP contribution in [0.3, 0.4) is 0 Å². The number of nitrogens with one attached hydrogen (secondary N) is 1. The van der Waals surface area contributed by atoms with Crippen LogP contribution in [0.4, 0.5) is 0 Å². The number of aryl methyl sites for hydroxylation is 2. The van der Waals surface area contributed by atoms with Gasteiger partial charge in [-0.05, 0) is 37.5 Å². The second-order valence-electron chi connectivity index (χ2n) is 7.63. The molecule has 2 aliphatic rings. The summed E-state index contributed by atoms with van der Waals surface area (Å²) in [6.07, 6.45) is 0. The number of ether oxygens (including phenoxy) is 2. The molecule has 0 unspecified atom stereocenters. The van der Waals surface area contributed by atoms with Crippen molar-refractivity contribution in [1.82, 2.24) is 10.2 Å². The summed E-state index contributed by atoms with van der Waals surface area (Å²) in [5.41, 5.74) is 0.864. The molecular weight excluding hydrogens is 364 g/mol. The molecule has 3 rings (SSSR count). The Balaban J connectivity index is 2.10. The second-order valence-corrected chi connectivity index (χ2v) is 7.63. The van der Waals surface area contributed by atoms with Gasteiger partial charge >= 0.3 is 11.9 Å². The van der Waals surface area contributed by atoms with Gasteiger partial charge in [-0.15, -0.1) is 0 Å². The third kappa shape index (κ3) is 2.79. The van der Waals surface area contributed by atoms with Crippen LogP contribution >= 0.6 is 0 Å². The summed E-state index contributed by atoms with van der Waals surface area (Å²) < 4.78 is 10.2. The van der Waals surface area contributed by atoms with E-state index in [4.69, 9.17) is 9.47 Å². The number of carbonyl (C=O) groups excluding carboxylic acids is 4. The molecule has 4 atom stereocenters. The number of nitrogens with zero attached hydrogens (tertiary/aromatic N) is 1. The molecule has 0 aliphatic carbocycles. The normalized spacial score (nSPS) is 29.1. The highest BCUT2D eigenvalue weighted by molar-refractivity contribution is 6.09. The molecule has 0 spiro atoms. The number of fused-ring (bicyclic) bond motifs is 1. The minimum absolute atomic E-state index is 0.334. The SMILES string of the molecule is COC(=O)[C@]1(C)N[C@H](c2cc(C)c(OC(C)=O)c(C)c2)[C@@H]2C(=O)N(C)C(=O)[C@@H]21. The maximum Gasteiger partial charge on any atom is 0.326 e. The predicted octanol–water partition coefficient (Wildman–Crippen LogP) is 1.04. The van der Waals surface area contributed by atoms with Crippen LogP contribution in [0.15, 0.2) is 12.1 Å². The number of hydrogen-bond acceptors (Lipinski definition) is 7. The summed E-state index contributed by atoms with van der Waals surface area (Å²) >= 11 is 0. The van der Waals surface area contributed by atoms with Gasteiger partial charge in [-0.3, -0.25) is 29.4 Å². The molecule has 2 amide bonds. The van der Waals surface area contributed by atoms with E-state index >= 15 is 0 Å². The zero-order chi connectivity index (χ0) is 21.0. The molecule has 0 radical (unpaired) electrons. The molecule has 1 aromatic rings. The van der Waals surface area contributed by atoms with Gasteiger partial charge in [-0.1, -0.05) is 12.1 Å². The predicted molar refractivity (Wildman–Crippen MR) is 98.3 cm³/mol. The summed E-state index contributed by atoms with van der Waals surface area (Å²) in [6, 6.07) is 3.05. The van der Waals surface area contributed by atoms with Crippen molar-refractivity contribution < 1.29 is 28.7 Å².